The van der Waals surface area contributed by atoms with Crippen molar-refractivity contribution >= 4 is 11.9 Å². The Morgan fingerprint density at radius 1 is 1.06 bits per heavy atom. The minimum atomic E-state index is -1.05. The van der Waals surface area contributed by atoms with Crippen molar-refractivity contribution in [2.24, 2.45) is 0 Å². The first-order chi connectivity index (χ1) is 8.57. The molecule has 0 unspecified atom stereocenters. The van der Waals surface area contributed by atoms with Crippen LogP contribution >= 0.6 is 0 Å². The highest BCUT2D eigenvalue weighted by Crippen LogP contribution is 2.05. The van der Waals surface area contributed by atoms with E-state index >= 15 is 0 Å². The van der Waals surface area contributed by atoms with Crippen LogP contribution in [0, 0.1) is 0 Å². The molecule has 0 atom stereocenters. The van der Waals surface area contributed by atoms with Crippen LogP contribution in [-0.4, -0.2) is 48.7 Å². The molecule has 0 aromatic rings. The van der Waals surface area contributed by atoms with Gasteiger partial charge in [-0.1, -0.05) is 39.0 Å². The van der Waals surface area contributed by atoms with Gasteiger partial charge in [-0.2, -0.15) is 0 Å². The highest BCUT2D eigenvalue weighted by molar-refractivity contribution is 5.77. The SMILES string of the molecule is CCCCCCCCN(C)C(=O)COCC(=O)O. The first kappa shape index (κ1) is 16.9. The van der Waals surface area contributed by atoms with E-state index in [9.17, 15) is 9.59 Å². The van der Waals surface area contributed by atoms with Crippen molar-refractivity contribution in [1.82, 2.24) is 4.90 Å². The minimum absolute atomic E-state index is 0.154. The molecule has 0 bridgehead atoms. The maximum atomic E-state index is 11.5. The lowest BCUT2D eigenvalue weighted by Crippen LogP contribution is -2.31. The maximum Gasteiger partial charge on any atom is 0.329 e. The Hall–Kier alpha value is -1.10. The molecule has 0 heterocycles. The summed E-state index contributed by atoms with van der Waals surface area (Å²) in [5.74, 6) is -1.22. The van der Waals surface area contributed by atoms with E-state index in [0.717, 1.165) is 12.8 Å². The summed E-state index contributed by atoms with van der Waals surface area (Å²) in [6.07, 6.45) is 7.11. The number of unbranched alkanes of at least 4 members (excludes halogenated alkanes) is 5. The summed E-state index contributed by atoms with van der Waals surface area (Å²) in [5.41, 5.74) is 0. The topological polar surface area (TPSA) is 66.8 Å². The van der Waals surface area contributed by atoms with Crippen LogP contribution < -0.4 is 0 Å². The van der Waals surface area contributed by atoms with Gasteiger partial charge in [0.1, 0.15) is 13.2 Å². The Kier molecular flexibility index (Phi) is 10.3. The molecule has 18 heavy (non-hydrogen) atoms. The molecule has 5 nitrogen and oxygen atoms in total. The van der Waals surface area contributed by atoms with Gasteiger partial charge in [-0.05, 0) is 6.42 Å². The monoisotopic (exact) mass is 259 g/mol. The summed E-state index contributed by atoms with van der Waals surface area (Å²) in [7, 11) is 1.72. The molecular formula is C13H25NO4. The predicted molar refractivity (Wildman–Crippen MR) is 69.5 cm³/mol. The normalized spacial score (nSPS) is 10.3. The van der Waals surface area contributed by atoms with E-state index in [1.54, 1.807) is 11.9 Å². The fourth-order valence-corrected chi connectivity index (χ4v) is 1.59. The van der Waals surface area contributed by atoms with E-state index in [1.165, 1.54) is 25.7 Å². The van der Waals surface area contributed by atoms with Crippen LogP contribution in [0.4, 0.5) is 0 Å². The summed E-state index contributed by atoms with van der Waals surface area (Å²) in [4.78, 5) is 23.3. The lowest BCUT2D eigenvalue weighted by Gasteiger charge is -2.16. The zero-order valence-electron chi connectivity index (χ0n) is 11.5. The predicted octanol–water partition coefficient (Wildman–Crippen LogP) is 1.91. The zero-order valence-corrected chi connectivity index (χ0v) is 11.5. The van der Waals surface area contributed by atoms with Crippen LogP contribution in [0.25, 0.3) is 0 Å². The van der Waals surface area contributed by atoms with Crippen molar-refractivity contribution in [2.75, 3.05) is 26.8 Å². The molecular weight excluding hydrogens is 234 g/mol. The number of aliphatic carboxylic acids is 1. The summed E-state index contributed by atoms with van der Waals surface area (Å²) >= 11 is 0. The number of rotatable bonds is 11. The van der Waals surface area contributed by atoms with Gasteiger partial charge >= 0.3 is 5.97 Å². The van der Waals surface area contributed by atoms with Gasteiger partial charge in [-0.3, -0.25) is 4.79 Å². The number of ether oxygens (including phenoxy) is 1. The standard InChI is InChI=1S/C13H25NO4/c1-3-4-5-6-7-8-9-14(2)12(15)10-18-11-13(16)17/h3-11H2,1-2H3,(H,16,17). The third-order valence-electron chi connectivity index (χ3n) is 2.72. The first-order valence-corrected chi connectivity index (χ1v) is 6.61. The molecule has 1 N–H and O–H groups in total. The second kappa shape index (κ2) is 11.0. The van der Waals surface area contributed by atoms with Gasteiger partial charge in [0.05, 0.1) is 0 Å². The van der Waals surface area contributed by atoms with E-state index in [2.05, 4.69) is 6.92 Å². The number of hydrogen-bond acceptors (Lipinski definition) is 3. The second-order valence-corrected chi connectivity index (χ2v) is 4.47. The van der Waals surface area contributed by atoms with Gasteiger partial charge in [0, 0.05) is 13.6 Å². The van der Waals surface area contributed by atoms with Crippen molar-refractivity contribution in [2.45, 2.75) is 45.4 Å². The Balaban J connectivity index is 3.47. The van der Waals surface area contributed by atoms with E-state index in [1.807, 2.05) is 0 Å². The lowest BCUT2D eigenvalue weighted by atomic mass is 10.1. The van der Waals surface area contributed by atoms with E-state index in [0.29, 0.717) is 6.54 Å². The smallest absolute Gasteiger partial charge is 0.329 e. The molecule has 5 heteroatoms. The van der Waals surface area contributed by atoms with Crippen LogP contribution in [0.2, 0.25) is 0 Å². The third kappa shape index (κ3) is 10.1. The molecule has 0 fully saturated rings. The van der Waals surface area contributed by atoms with Crippen LogP contribution in [0.3, 0.4) is 0 Å². The van der Waals surface area contributed by atoms with E-state index in [4.69, 9.17) is 9.84 Å². The number of carbonyl (C=O) groups excluding carboxylic acids is 1. The van der Waals surface area contributed by atoms with Gasteiger partial charge in [0.2, 0.25) is 5.91 Å². The van der Waals surface area contributed by atoms with Gasteiger partial charge in [0.15, 0.2) is 0 Å². The molecule has 106 valence electrons. The van der Waals surface area contributed by atoms with E-state index < -0.39 is 12.6 Å². The molecule has 0 aliphatic heterocycles. The molecule has 0 saturated heterocycles. The molecule has 0 spiro atoms. The molecule has 0 rings (SSSR count). The second-order valence-electron chi connectivity index (χ2n) is 4.47. The minimum Gasteiger partial charge on any atom is -0.480 e. The molecule has 0 aliphatic rings. The Morgan fingerprint density at radius 2 is 1.67 bits per heavy atom. The summed E-state index contributed by atoms with van der Waals surface area (Å²) in [6.45, 7) is 2.32. The molecule has 0 radical (unpaired) electrons. The van der Waals surface area contributed by atoms with Gasteiger partial charge < -0.3 is 14.7 Å². The molecule has 1 amide bonds. The van der Waals surface area contributed by atoms with Crippen LogP contribution in [0.5, 0.6) is 0 Å². The van der Waals surface area contributed by atoms with E-state index in [-0.39, 0.29) is 12.5 Å². The molecule has 0 aliphatic carbocycles. The summed E-state index contributed by atoms with van der Waals surface area (Å²) in [5, 5.41) is 8.36. The number of likely N-dealkylation sites (N-methyl/N-ethyl adjacent to an activating group) is 1. The Bertz CT molecular complexity index is 243. The van der Waals surface area contributed by atoms with Gasteiger partial charge in [-0.25, -0.2) is 4.79 Å². The van der Waals surface area contributed by atoms with Crippen molar-refractivity contribution in [3.05, 3.63) is 0 Å². The molecule has 0 saturated carbocycles. The quantitative estimate of drug-likeness (QED) is 0.575. The van der Waals surface area contributed by atoms with Crippen molar-refractivity contribution < 1.29 is 19.4 Å². The highest BCUT2D eigenvalue weighted by Gasteiger charge is 2.09. The zero-order chi connectivity index (χ0) is 13.8. The Labute approximate surface area is 109 Å². The average molecular weight is 259 g/mol. The number of hydrogen-bond donors (Lipinski definition) is 1. The van der Waals surface area contributed by atoms with Crippen LogP contribution in [0.15, 0.2) is 0 Å². The third-order valence-corrected chi connectivity index (χ3v) is 2.72. The summed E-state index contributed by atoms with van der Waals surface area (Å²) in [6, 6.07) is 0. The number of carbonyl (C=O) groups is 2. The lowest BCUT2D eigenvalue weighted by molar-refractivity contribution is -0.145. The van der Waals surface area contributed by atoms with Gasteiger partial charge in [-0.15, -0.1) is 0 Å². The summed E-state index contributed by atoms with van der Waals surface area (Å²) < 4.78 is 4.75. The number of carboxylic acid groups (broad SMARTS) is 1. The Morgan fingerprint density at radius 3 is 2.28 bits per heavy atom. The fourth-order valence-electron chi connectivity index (χ4n) is 1.59. The fraction of sp³-hybridized carbons (Fsp3) is 0.846. The molecule has 0 aromatic carbocycles. The highest BCUT2D eigenvalue weighted by atomic mass is 16.5. The molecule has 0 aromatic heterocycles. The van der Waals surface area contributed by atoms with Crippen LogP contribution in [0.1, 0.15) is 45.4 Å². The number of amides is 1. The number of nitrogens with zero attached hydrogens (tertiary/aromatic N) is 1. The largest absolute Gasteiger partial charge is 0.480 e. The first-order valence-electron chi connectivity index (χ1n) is 6.61. The van der Waals surface area contributed by atoms with Crippen molar-refractivity contribution in [3.63, 3.8) is 0 Å². The average Bonchev–Trinajstić information content (AvgIpc) is 2.32. The number of carboxylic acids is 1. The van der Waals surface area contributed by atoms with Crippen molar-refractivity contribution in [1.29, 1.82) is 0 Å². The maximum absolute atomic E-state index is 11.5. The van der Waals surface area contributed by atoms with Crippen molar-refractivity contribution in [3.8, 4) is 0 Å². The van der Waals surface area contributed by atoms with Crippen LogP contribution in [-0.2, 0) is 14.3 Å². The van der Waals surface area contributed by atoms with Gasteiger partial charge in [0.25, 0.3) is 0 Å².